The van der Waals surface area contributed by atoms with Gasteiger partial charge in [0.15, 0.2) is 0 Å². The molecule has 0 bridgehead atoms. The molecule has 1 unspecified atom stereocenters. The average Bonchev–Trinajstić information content (AvgIpc) is 2.53. The summed E-state index contributed by atoms with van der Waals surface area (Å²) in [5.41, 5.74) is 6.27. The topological polar surface area (TPSA) is 58.4 Å². The number of rotatable bonds is 5. The first-order chi connectivity index (χ1) is 10.1. The van der Waals surface area contributed by atoms with E-state index in [0.29, 0.717) is 5.92 Å². The van der Waals surface area contributed by atoms with Gasteiger partial charge in [0, 0.05) is 13.1 Å². The first-order valence-corrected chi connectivity index (χ1v) is 7.90. The van der Waals surface area contributed by atoms with Gasteiger partial charge in [-0.25, -0.2) is 0 Å². The van der Waals surface area contributed by atoms with Crippen molar-refractivity contribution in [1.29, 1.82) is 0 Å². The third-order valence-electron chi connectivity index (χ3n) is 4.40. The van der Waals surface area contributed by atoms with E-state index in [2.05, 4.69) is 12.2 Å². The summed E-state index contributed by atoms with van der Waals surface area (Å²) in [6.45, 7) is 7.63. The van der Waals surface area contributed by atoms with E-state index < -0.39 is 5.54 Å². The van der Waals surface area contributed by atoms with Gasteiger partial charge in [-0.2, -0.15) is 0 Å². The number of piperidine rings is 1. The van der Waals surface area contributed by atoms with Gasteiger partial charge in [0.05, 0.1) is 0 Å². The van der Waals surface area contributed by atoms with E-state index in [-0.39, 0.29) is 5.91 Å². The van der Waals surface area contributed by atoms with E-state index in [4.69, 9.17) is 5.73 Å². The van der Waals surface area contributed by atoms with E-state index in [9.17, 15) is 4.79 Å². The lowest BCUT2D eigenvalue weighted by Gasteiger charge is -2.37. The fourth-order valence-electron chi connectivity index (χ4n) is 2.92. The summed E-state index contributed by atoms with van der Waals surface area (Å²) in [5, 5.41) is 3.39. The van der Waals surface area contributed by atoms with E-state index >= 15 is 0 Å². The molecule has 1 aromatic rings. The Kier molecular flexibility index (Phi) is 5.37. The second-order valence-electron chi connectivity index (χ2n) is 6.11. The van der Waals surface area contributed by atoms with Crippen molar-refractivity contribution in [1.82, 2.24) is 10.2 Å². The van der Waals surface area contributed by atoms with E-state index in [1.165, 1.54) is 0 Å². The lowest BCUT2D eigenvalue weighted by molar-refractivity contribution is -0.138. The van der Waals surface area contributed by atoms with Crippen LogP contribution in [0.1, 0.15) is 32.3 Å². The van der Waals surface area contributed by atoms with Gasteiger partial charge in [0.2, 0.25) is 5.91 Å². The Balaban J connectivity index is 1.95. The number of carbonyl (C=O) groups excluding carboxylic acids is 1. The second kappa shape index (κ2) is 7.05. The Morgan fingerprint density at radius 1 is 1.33 bits per heavy atom. The Morgan fingerprint density at radius 3 is 2.52 bits per heavy atom. The van der Waals surface area contributed by atoms with Crippen LogP contribution in [0.5, 0.6) is 0 Å². The van der Waals surface area contributed by atoms with Crippen molar-refractivity contribution >= 4 is 5.91 Å². The molecule has 1 heterocycles. The van der Waals surface area contributed by atoms with Gasteiger partial charge < -0.3 is 16.0 Å². The van der Waals surface area contributed by atoms with Crippen LogP contribution in [0.25, 0.3) is 0 Å². The summed E-state index contributed by atoms with van der Waals surface area (Å²) in [6.07, 6.45) is 2.12. The van der Waals surface area contributed by atoms with Crippen LogP contribution in [-0.4, -0.2) is 37.0 Å². The summed E-state index contributed by atoms with van der Waals surface area (Å²) in [7, 11) is 0. The third-order valence-corrected chi connectivity index (χ3v) is 4.40. The van der Waals surface area contributed by atoms with Gasteiger partial charge in [-0.05, 0) is 44.3 Å². The van der Waals surface area contributed by atoms with E-state index in [1.807, 2.05) is 42.2 Å². The Labute approximate surface area is 127 Å². The zero-order chi connectivity index (χ0) is 15.3. The molecule has 0 saturated carbocycles. The highest BCUT2D eigenvalue weighted by molar-refractivity contribution is 5.87. The Bertz CT molecular complexity index is 450. The SMILES string of the molecule is CCNCC1CCN(C(=O)C(C)(N)c2ccccc2)CC1. The number of nitrogens with zero attached hydrogens (tertiary/aromatic N) is 1. The highest BCUT2D eigenvalue weighted by Crippen LogP contribution is 2.24. The fourth-order valence-corrected chi connectivity index (χ4v) is 2.92. The van der Waals surface area contributed by atoms with Crippen LogP contribution in [0.2, 0.25) is 0 Å². The van der Waals surface area contributed by atoms with Gasteiger partial charge in [0.25, 0.3) is 0 Å². The molecule has 1 aromatic carbocycles. The number of hydrogen-bond acceptors (Lipinski definition) is 3. The number of benzene rings is 1. The molecule has 1 aliphatic heterocycles. The van der Waals surface area contributed by atoms with Gasteiger partial charge in [0.1, 0.15) is 5.54 Å². The van der Waals surface area contributed by atoms with E-state index in [0.717, 1.165) is 44.6 Å². The van der Waals surface area contributed by atoms with Crippen LogP contribution in [0.3, 0.4) is 0 Å². The van der Waals surface area contributed by atoms with Crippen molar-refractivity contribution in [3.8, 4) is 0 Å². The van der Waals surface area contributed by atoms with Crippen LogP contribution in [0, 0.1) is 5.92 Å². The van der Waals surface area contributed by atoms with Crippen LogP contribution in [-0.2, 0) is 10.3 Å². The van der Waals surface area contributed by atoms with Crippen molar-refractivity contribution in [2.75, 3.05) is 26.2 Å². The van der Waals surface area contributed by atoms with Gasteiger partial charge in [-0.1, -0.05) is 37.3 Å². The van der Waals surface area contributed by atoms with Gasteiger partial charge in [-0.15, -0.1) is 0 Å². The normalized spacial score (nSPS) is 19.3. The maximum atomic E-state index is 12.7. The minimum atomic E-state index is -0.935. The monoisotopic (exact) mass is 289 g/mol. The molecule has 0 radical (unpaired) electrons. The molecule has 2 rings (SSSR count). The molecule has 1 atom stereocenters. The molecular formula is C17H27N3O. The van der Waals surface area contributed by atoms with Crippen molar-refractivity contribution in [3.63, 3.8) is 0 Å². The summed E-state index contributed by atoms with van der Waals surface area (Å²) >= 11 is 0. The van der Waals surface area contributed by atoms with Gasteiger partial charge >= 0.3 is 0 Å². The minimum absolute atomic E-state index is 0.0376. The molecule has 1 saturated heterocycles. The molecule has 0 spiro atoms. The average molecular weight is 289 g/mol. The smallest absolute Gasteiger partial charge is 0.246 e. The number of nitrogens with two attached hydrogens (primary N) is 1. The van der Waals surface area contributed by atoms with Crippen LogP contribution >= 0.6 is 0 Å². The number of hydrogen-bond donors (Lipinski definition) is 2. The first kappa shape index (κ1) is 16.0. The molecule has 3 N–H and O–H groups in total. The van der Waals surface area contributed by atoms with Crippen LogP contribution in [0.15, 0.2) is 30.3 Å². The standard InChI is InChI=1S/C17H27N3O/c1-3-19-13-14-9-11-20(12-10-14)16(21)17(2,18)15-7-5-4-6-8-15/h4-8,14,19H,3,9-13,18H2,1-2H3. The summed E-state index contributed by atoms with van der Waals surface area (Å²) in [5.74, 6) is 0.713. The number of nitrogens with one attached hydrogen (secondary N) is 1. The molecule has 4 nitrogen and oxygen atoms in total. The summed E-state index contributed by atoms with van der Waals surface area (Å²) in [4.78, 5) is 14.7. The minimum Gasteiger partial charge on any atom is -0.341 e. The summed E-state index contributed by atoms with van der Waals surface area (Å²) in [6, 6.07) is 9.65. The molecule has 1 fully saturated rings. The van der Waals surface area contributed by atoms with Crippen LogP contribution in [0.4, 0.5) is 0 Å². The van der Waals surface area contributed by atoms with Crippen LogP contribution < -0.4 is 11.1 Å². The third kappa shape index (κ3) is 3.83. The first-order valence-electron chi connectivity index (χ1n) is 7.90. The molecule has 0 aliphatic carbocycles. The quantitative estimate of drug-likeness (QED) is 0.867. The molecule has 0 aromatic heterocycles. The lowest BCUT2D eigenvalue weighted by Crippen LogP contribution is -2.53. The number of likely N-dealkylation sites (tertiary alicyclic amines) is 1. The van der Waals surface area contributed by atoms with Crippen molar-refractivity contribution in [2.45, 2.75) is 32.2 Å². The zero-order valence-electron chi connectivity index (χ0n) is 13.1. The zero-order valence-corrected chi connectivity index (χ0v) is 13.1. The largest absolute Gasteiger partial charge is 0.341 e. The van der Waals surface area contributed by atoms with Crippen molar-refractivity contribution in [3.05, 3.63) is 35.9 Å². The van der Waals surface area contributed by atoms with Crippen molar-refractivity contribution in [2.24, 2.45) is 11.7 Å². The molecule has 4 heteroatoms. The molecule has 1 amide bonds. The molecule has 116 valence electrons. The molecule has 21 heavy (non-hydrogen) atoms. The lowest BCUT2D eigenvalue weighted by atomic mass is 9.89. The maximum Gasteiger partial charge on any atom is 0.246 e. The van der Waals surface area contributed by atoms with E-state index in [1.54, 1.807) is 0 Å². The van der Waals surface area contributed by atoms with Crippen molar-refractivity contribution < 1.29 is 4.79 Å². The summed E-state index contributed by atoms with van der Waals surface area (Å²) < 4.78 is 0. The Morgan fingerprint density at radius 2 is 1.95 bits per heavy atom. The highest BCUT2D eigenvalue weighted by atomic mass is 16.2. The number of carbonyl (C=O) groups is 1. The second-order valence-corrected chi connectivity index (χ2v) is 6.11. The predicted molar refractivity (Wildman–Crippen MR) is 85.8 cm³/mol. The fraction of sp³-hybridized carbons (Fsp3) is 0.588. The molecular weight excluding hydrogens is 262 g/mol. The molecule has 1 aliphatic rings. The number of amides is 1. The van der Waals surface area contributed by atoms with Gasteiger partial charge in [-0.3, -0.25) is 4.79 Å². The highest BCUT2D eigenvalue weighted by Gasteiger charge is 2.35. The maximum absolute atomic E-state index is 12.7. The predicted octanol–water partition coefficient (Wildman–Crippen LogP) is 1.71. The Hall–Kier alpha value is -1.39.